The van der Waals surface area contributed by atoms with Gasteiger partial charge in [0.25, 0.3) is 0 Å². The van der Waals surface area contributed by atoms with Crippen LogP contribution in [0.2, 0.25) is 10.6 Å². The number of carboxylic acid groups (broad SMARTS) is 1. The first-order valence-corrected chi connectivity index (χ1v) is 17.3. The zero-order chi connectivity index (χ0) is 31.2. The summed E-state index contributed by atoms with van der Waals surface area (Å²) >= 11 is 6.01. The van der Waals surface area contributed by atoms with Crippen molar-refractivity contribution in [1.29, 1.82) is 0 Å². The average Bonchev–Trinajstić information content (AvgIpc) is 3.32. The summed E-state index contributed by atoms with van der Waals surface area (Å²) in [5.74, 6) is 0.841. The number of nitrogens with zero attached hydrogens (tertiary/aromatic N) is 3. The number of hydrogen-bond donors (Lipinski definition) is 1. The van der Waals surface area contributed by atoms with Gasteiger partial charge in [0.1, 0.15) is 23.5 Å². The molecule has 0 bridgehead atoms. The second-order valence-corrected chi connectivity index (χ2v) is 14.6. The Morgan fingerprint density at radius 1 is 1.13 bits per heavy atom. The van der Waals surface area contributed by atoms with Crippen LogP contribution in [0.4, 0.5) is 4.39 Å². The summed E-state index contributed by atoms with van der Waals surface area (Å²) in [6.07, 6.45) is 4.76. The van der Waals surface area contributed by atoms with Gasteiger partial charge < -0.3 is 19.1 Å². The first-order chi connectivity index (χ1) is 21.7. The molecule has 234 valence electrons. The minimum Gasteiger partial charge on any atom is -0.481 e. The van der Waals surface area contributed by atoms with Crippen molar-refractivity contribution < 1.29 is 23.8 Å². The number of aromatic nitrogens is 2. The molecule has 0 aliphatic carbocycles. The summed E-state index contributed by atoms with van der Waals surface area (Å²) in [7, 11) is 0.988. The zero-order valence-electron chi connectivity index (χ0n) is 25.5. The molecule has 0 spiro atoms. The fraction of sp³-hybridized carbons (Fsp3) is 0.371. The van der Waals surface area contributed by atoms with Gasteiger partial charge in [-0.3, -0.25) is 4.90 Å². The molecular formula is C35H37ClFN3O4Si. The number of aromatic carboxylic acids is 1. The predicted molar refractivity (Wildman–Crippen MR) is 177 cm³/mol. The number of piperidine rings is 1. The SMILES string of the molecule is CC1=C[C@@H](c2ccc(Cl)cc2F)Oc2c1cccc2C1CCN(Cc2nc3ccc(C(=O)O)cc3n2CC([SiH3])C2CCO2)CC1. The van der Waals surface area contributed by atoms with Crippen LogP contribution in [0.3, 0.4) is 0 Å². The molecule has 1 N–H and O–H groups in total. The van der Waals surface area contributed by atoms with Gasteiger partial charge in [0.15, 0.2) is 0 Å². The van der Waals surface area contributed by atoms with E-state index < -0.39 is 12.1 Å². The third-order valence-electron chi connectivity index (χ3n) is 9.69. The number of fused-ring (bicyclic) bond motifs is 2. The van der Waals surface area contributed by atoms with E-state index in [4.69, 9.17) is 26.1 Å². The van der Waals surface area contributed by atoms with E-state index in [1.807, 2.05) is 12.1 Å². The molecule has 3 aliphatic rings. The topological polar surface area (TPSA) is 76.8 Å². The summed E-state index contributed by atoms with van der Waals surface area (Å²) in [4.78, 5) is 19.2. The molecule has 45 heavy (non-hydrogen) atoms. The van der Waals surface area contributed by atoms with E-state index in [1.165, 1.54) is 11.6 Å². The van der Waals surface area contributed by atoms with Crippen LogP contribution in [0.5, 0.6) is 5.75 Å². The van der Waals surface area contributed by atoms with Crippen molar-refractivity contribution in [3.05, 3.63) is 99.6 Å². The molecule has 7 rings (SSSR count). The minimum absolute atomic E-state index is 0.278. The number of halogens is 2. The lowest BCUT2D eigenvalue weighted by molar-refractivity contribution is -0.0556. The first-order valence-electron chi connectivity index (χ1n) is 15.7. The van der Waals surface area contributed by atoms with Gasteiger partial charge in [-0.25, -0.2) is 14.2 Å². The molecule has 0 radical (unpaired) electrons. The molecule has 0 amide bonds. The molecule has 2 saturated heterocycles. The molecule has 4 aromatic rings. The van der Waals surface area contributed by atoms with Gasteiger partial charge in [0, 0.05) is 39.5 Å². The number of imidazole rings is 1. The van der Waals surface area contributed by atoms with Crippen molar-refractivity contribution in [2.75, 3.05) is 19.7 Å². The molecule has 3 atom stereocenters. The van der Waals surface area contributed by atoms with Crippen LogP contribution < -0.4 is 4.74 Å². The second-order valence-electron chi connectivity index (χ2n) is 12.7. The third kappa shape index (κ3) is 5.94. The number of allylic oxidation sites excluding steroid dienone is 1. The quantitative estimate of drug-likeness (QED) is 0.224. The van der Waals surface area contributed by atoms with E-state index in [9.17, 15) is 14.3 Å². The van der Waals surface area contributed by atoms with Crippen molar-refractivity contribution in [1.82, 2.24) is 14.5 Å². The van der Waals surface area contributed by atoms with Gasteiger partial charge in [0.2, 0.25) is 0 Å². The van der Waals surface area contributed by atoms with Crippen LogP contribution in [-0.2, 0) is 17.8 Å². The van der Waals surface area contributed by atoms with Crippen LogP contribution in [-0.4, -0.2) is 61.6 Å². The highest BCUT2D eigenvalue weighted by molar-refractivity contribution is 6.30. The Morgan fingerprint density at radius 3 is 2.64 bits per heavy atom. The number of likely N-dealkylation sites (tertiary alicyclic amines) is 1. The minimum atomic E-state index is -0.930. The molecule has 3 aliphatic heterocycles. The van der Waals surface area contributed by atoms with E-state index in [-0.39, 0.29) is 17.5 Å². The number of carboxylic acids is 1. The number of ether oxygens (including phenoxy) is 2. The fourth-order valence-electron chi connectivity index (χ4n) is 7.02. The van der Waals surface area contributed by atoms with E-state index in [2.05, 4.69) is 34.6 Å². The highest BCUT2D eigenvalue weighted by atomic mass is 35.5. The van der Waals surface area contributed by atoms with E-state index in [0.29, 0.717) is 28.6 Å². The van der Waals surface area contributed by atoms with Gasteiger partial charge in [-0.15, -0.1) is 0 Å². The van der Waals surface area contributed by atoms with Crippen LogP contribution in [0.25, 0.3) is 16.6 Å². The Kier molecular flexibility index (Phi) is 8.28. The van der Waals surface area contributed by atoms with E-state index in [0.717, 1.165) is 89.5 Å². The monoisotopic (exact) mass is 645 g/mol. The fourth-order valence-corrected chi connectivity index (χ4v) is 8.07. The van der Waals surface area contributed by atoms with Crippen molar-refractivity contribution in [3.63, 3.8) is 0 Å². The number of rotatable bonds is 8. The van der Waals surface area contributed by atoms with Crippen molar-refractivity contribution >= 4 is 44.4 Å². The third-order valence-corrected chi connectivity index (χ3v) is 11.0. The number of hydrogen-bond acceptors (Lipinski definition) is 5. The second kappa shape index (κ2) is 12.4. The van der Waals surface area contributed by atoms with Crippen LogP contribution >= 0.6 is 11.6 Å². The maximum absolute atomic E-state index is 14.9. The highest BCUT2D eigenvalue weighted by Gasteiger charge is 2.31. The molecule has 2 fully saturated rings. The summed E-state index contributed by atoms with van der Waals surface area (Å²) in [5, 5.41) is 10.0. The van der Waals surface area contributed by atoms with Gasteiger partial charge in [-0.1, -0.05) is 35.9 Å². The number of benzene rings is 3. The largest absolute Gasteiger partial charge is 0.481 e. The van der Waals surface area contributed by atoms with Crippen LogP contribution in [0, 0.1) is 5.82 Å². The van der Waals surface area contributed by atoms with Gasteiger partial charge >= 0.3 is 5.97 Å². The Balaban J connectivity index is 1.10. The lowest BCUT2D eigenvalue weighted by Gasteiger charge is -2.35. The van der Waals surface area contributed by atoms with Crippen molar-refractivity contribution in [3.8, 4) is 5.75 Å². The zero-order valence-corrected chi connectivity index (χ0v) is 28.3. The highest BCUT2D eigenvalue weighted by Crippen LogP contribution is 2.44. The van der Waals surface area contributed by atoms with Crippen LogP contribution in [0.15, 0.2) is 60.7 Å². The normalized spacial score (nSPS) is 21.2. The Hall–Kier alpha value is -3.50. The van der Waals surface area contributed by atoms with E-state index >= 15 is 0 Å². The molecule has 0 saturated carbocycles. The lowest BCUT2D eigenvalue weighted by Crippen LogP contribution is -2.35. The Bertz CT molecular complexity index is 1800. The van der Waals surface area contributed by atoms with Crippen molar-refractivity contribution in [2.24, 2.45) is 0 Å². The summed E-state index contributed by atoms with van der Waals surface area (Å²) < 4.78 is 29.4. The van der Waals surface area contributed by atoms with Gasteiger partial charge in [-0.05, 0) is 98.3 Å². The molecule has 2 unspecified atom stereocenters. The molecule has 3 aromatic carbocycles. The lowest BCUT2D eigenvalue weighted by atomic mass is 9.85. The maximum atomic E-state index is 14.9. The molecular weight excluding hydrogens is 609 g/mol. The average molecular weight is 646 g/mol. The van der Waals surface area contributed by atoms with Crippen molar-refractivity contribution in [2.45, 2.75) is 62.9 Å². The number of para-hydroxylation sites is 1. The summed E-state index contributed by atoms with van der Waals surface area (Å²) in [6, 6.07) is 16.3. The molecule has 7 nitrogen and oxygen atoms in total. The van der Waals surface area contributed by atoms with Crippen LogP contribution in [0.1, 0.15) is 71.1 Å². The van der Waals surface area contributed by atoms with Gasteiger partial charge in [-0.2, -0.15) is 0 Å². The summed E-state index contributed by atoms with van der Waals surface area (Å²) in [6.45, 7) is 6.17. The Morgan fingerprint density at radius 2 is 1.93 bits per heavy atom. The molecule has 4 heterocycles. The predicted octanol–water partition coefficient (Wildman–Crippen LogP) is 6.39. The smallest absolute Gasteiger partial charge is 0.335 e. The van der Waals surface area contributed by atoms with E-state index in [1.54, 1.807) is 24.3 Å². The molecule has 10 heteroatoms. The number of carbonyl (C=O) groups is 1. The molecule has 1 aromatic heterocycles. The van der Waals surface area contributed by atoms with Gasteiger partial charge in [0.05, 0.1) is 29.2 Å². The summed E-state index contributed by atoms with van der Waals surface area (Å²) in [5.41, 5.74) is 6.20. The standard InChI is InChI=1S/C35H37ClFN3O4Si/c1-20-15-31(26-7-6-23(36)17-27(26)37)44-34-24(20)3-2-4-25(34)21-9-12-39(13-10-21)19-33-38-28-8-5-22(35(41)42)16-29(28)40(33)18-32(45)30-11-14-43-30/h2-8,15-17,21,30-32H,9-14,18-19H2,1,45H3,(H,41,42)/t30?,31-,32?/m0/s1. The maximum Gasteiger partial charge on any atom is 0.335 e. The Labute approximate surface area is 270 Å². The first kappa shape index (κ1) is 30.2.